The second kappa shape index (κ2) is 8.22. The lowest BCUT2D eigenvalue weighted by molar-refractivity contribution is 0.315. The van der Waals surface area contributed by atoms with E-state index in [1.165, 1.54) is 11.8 Å². The third kappa shape index (κ3) is 3.81. The molecule has 5 heterocycles. The normalized spacial score (nSPS) is 16.8. The third-order valence-electron chi connectivity index (χ3n) is 5.68. The van der Waals surface area contributed by atoms with Gasteiger partial charge in [0.15, 0.2) is 10.8 Å². The smallest absolute Gasteiger partial charge is 0.196 e. The first-order chi connectivity index (χ1) is 15.0. The highest BCUT2D eigenvalue weighted by Gasteiger charge is 2.28. The van der Waals surface area contributed by atoms with Gasteiger partial charge in [-0.1, -0.05) is 18.5 Å². The van der Waals surface area contributed by atoms with Crippen LogP contribution in [0.3, 0.4) is 0 Å². The molecule has 1 fully saturated rings. The van der Waals surface area contributed by atoms with Gasteiger partial charge in [0.05, 0.1) is 10.4 Å². The number of fused-ring (bicyclic) bond motifs is 2. The van der Waals surface area contributed by atoms with E-state index in [-0.39, 0.29) is 0 Å². The highest BCUT2D eigenvalue weighted by Crippen LogP contribution is 2.38. The summed E-state index contributed by atoms with van der Waals surface area (Å²) in [5.41, 5.74) is 3.13. The second-order valence-corrected chi connectivity index (χ2v) is 9.27. The van der Waals surface area contributed by atoms with E-state index in [1.54, 1.807) is 18.6 Å². The molecular weight excluding hydrogens is 432 g/mol. The van der Waals surface area contributed by atoms with E-state index in [0.29, 0.717) is 16.8 Å². The minimum Gasteiger partial charge on any atom is -0.354 e. The first-order valence-electron chi connectivity index (χ1n) is 10.3. The summed E-state index contributed by atoms with van der Waals surface area (Å²) in [6.45, 7) is 3.94. The molecule has 1 aliphatic heterocycles. The van der Waals surface area contributed by atoms with E-state index in [1.807, 2.05) is 6.07 Å². The number of rotatable bonds is 5. The quantitative estimate of drug-likeness (QED) is 0.455. The van der Waals surface area contributed by atoms with Gasteiger partial charge in [-0.2, -0.15) is 0 Å². The van der Waals surface area contributed by atoms with E-state index in [0.717, 1.165) is 63.9 Å². The zero-order valence-corrected chi connectivity index (χ0v) is 19.2. The number of hydrogen-bond acceptors (Lipinski definition) is 8. The number of likely N-dealkylation sites (N-methyl/N-ethyl adjacent to an activating group) is 1. The van der Waals surface area contributed by atoms with Crippen LogP contribution in [0.1, 0.15) is 19.0 Å². The summed E-state index contributed by atoms with van der Waals surface area (Å²) in [7, 11) is 4.25. The summed E-state index contributed by atoms with van der Waals surface area (Å²) in [5, 5.41) is 2.28. The lowest BCUT2D eigenvalue weighted by Gasteiger charge is -2.22. The van der Waals surface area contributed by atoms with Crippen molar-refractivity contribution in [3.05, 3.63) is 35.4 Å². The Labute approximate surface area is 189 Å². The molecule has 0 unspecified atom stereocenters. The first kappa shape index (κ1) is 20.4. The standard InChI is InChI=1S/C21H23ClN8S/c1-4-14-17(22)16-19(26-14)27-21(28-20(16)30-8-5-12(11-30)29(2)3)31-13-9-15-18(25-10-13)24-7-6-23-15/h6-7,9-10,12H,4-5,8,11H2,1-3H3,(H,26,27,28)/t12-/m1/s1. The van der Waals surface area contributed by atoms with Crippen molar-refractivity contribution >= 4 is 51.4 Å². The molecule has 8 nitrogen and oxygen atoms in total. The fourth-order valence-electron chi connectivity index (χ4n) is 3.94. The van der Waals surface area contributed by atoms with Crippen LogP contribution in [0.4, 0.5) is 5.82 Å². The van der Waals surface area contributed by atoms with Gasteiger partial charge in [0, 0.05) is 48.3 Å². The number of nitrogens with zero attached hydrogens (tertiary/aromatic N) is 7. The monoisotopic (exact) mass is 454 g/mol. The molecule has 10 heteroatoms. The Morgan fingerprint density at radius 3 is 2.84 bits per heavy atom. The lowest BCUT2D eigenvalue weighted by Crippen LogP contribution is -2.31. The molecule has 4 aromatic heterocycles. The number of anilines is 1. The molecule has 1 saturated heterocycles. The van der Waals surface area contributed by atoms with E-state index in [2.05, 4.69) is 50.8 Å². The van der Waals surface area contributed by atoms with Crippen LogP contribution in [0, 0.1) is 0 Å². The van der Waals surface area contributed by atoms with Gasteiger partial charge < -0.3 is 14.8 Å². The molecule has 160 valence electrons. The van der Waals surface area contributed by atoms with Crippen molar-refractivity contribution in [3.8, 4) is 0 Å². The van der Waals surface area contributed by atoms with Crippen LogP contribution in [0.25, 0.3) is 22.2 Å². The summed E-state index contributed by atoms with van der Waals surface area (Å²) < 4.78 is 0. The lowest BCUT2D eigenvalue weighted by atomic mass is 10.2. The number of H-pyrrole nitrogens is 1. The van der Waals surface area contributed by atoms with E-state index < -0.39 is 0 Å². The van der Waals surface area contributed by atoms with Gasteiger partial charge in [0.25, 0.3) is 0 Å². The van der Waals surface area contributed by atoms with Crippen LogP contribution in [0.5, 0.6) is 0 Å². The van der Waals surface area contributed by atoms with Gasteiger partial charge in [0.2, 0.25) is 0 Å². The van der Waals surface area contributed by atoms with Crippen molar-refractivity contribution in [2.75, 3.05) is 32.1 Å². The average Bonchev–Trinajstić information content (AvgIpc) is 3.38. The van der Waals surface area contributed by atoms with Crippen LogP contribution in [-0.2, 0) is 6.42 Å². The Bertz CT molecular complexity index is 1260. The molecule has 0 radical (unpaired) electrons. The summed E-state index contributed by atoms with van der Waals surface area (Å²) >= 11 is 8.20. The number of aryl methyl sites for hydroxylation is 1. The minimum absolute atomic E-state index is 0.493. The Kier molecular flexibility index (Phi) is 5.41. The van der Waals surface area contributed by atoms with Crippen LogP contribution in [0.15, 0.2) is 34.7 Å². The summed E-state index contributed by atoms with van der Waals surface area (Å²) in [5.74, 6) is 0.895. The Balaban J connectivity index is 1.57. The van der Waals surface area contributed by atoms with Crippen LogP contribution >= 0.6 is 23.4 Å². The maximum Gasteiger partial charge on any atom is 0.196 e. The second-order valence-electron chi connectivity index (χ2n) is 7.85. The van der Waals surface area contributed by atoms with E-state index >= 15 is 0 Å². The first-order valence-corrected chi connectivity index (χ1v) is 11.5. The van der Waals surface area contributed by atoms with Gasteiger partial charge in [-0.15, -0.1) is 0 Å². The van der Waals surface area contributed by atoms with Gasteiger partial charge in [-0.3, -0.25) is 4.98 Å². The van der Waals surface area contributed by atoms with Crippen molar-refractivity contribution in [1.29, 1.82) is 0 Å². The molecule has 1 N–H and O–H groups in total. The highest BCUT2D eigenvalue weighted by atomic mass is 35.5. The fourth-order valence-corrected chi connectivity index (χ4v) is 5.06. The predicted octanol–water partition coefficient (Wildman–Crippen LogP) is 3.80. The Hall–Kier alpha value is -2.49. The molecule has 1 aliphatic rings. The van der Waals surface area contributed by atoms with Crippen LogP contribution in [-0.4, -0.2) is 68.0 Å². The fraction of sp³-hybridized carbons (Fsp3) is 0.381. The molecule has 31 heavy (non-hydrogen) atoms. The molecular formula is C21H23ClN8S. The summed E-state index contributed by atoms with van der Waals surface area (Å²) in [6.07, 6.45) is 7.00. The van der Waals surface area contributed by atoms with Gasteiger partial charge in [-0.05, 0) is 44.8 Å². The van der Waals surface area contributed by atoms with Crippen molar-refractivity contribution in [2.45, 2.75) is 35.9 Å². The maximum absolute atomic E-state index is 6.74. The molecule has 0 aromatic carbocycles. The van der Waals surface area contributed by atoms with Crippen molar-refractivity contribution in [1.82, 2.24) is 34.8 Å². The molecule has 0 spiro atoms. The van der Waals surface area contributed by atoms with E-state index in [4.69, 9.17) is 21.6 Å². The Morgan fingerprint density at radius 1 is 1.23 bits per heavy atom. The predicted molar refractivity (Wildman–Crippen MR) is 124 cm³/mol. The number of halogens is 1. The number of pyridine rings is 1. The number of aromatic nitrogens is 6. The molecule has 0 bridgehead atoms. The molecule has 5 rings (SSSR count). The summed E-state index contributed by atoms with van der Waals surface area (Å²) in [6, 6.07) is 2.46. The van der Waals surface area contributed by atoms with E-state index in [9.17, 15) is 0 Å². The zero-order chi connectivity index (χ0) is 21.5. The average molecular weight is 455 g/mol. The van der Waals surface area contributed by atoms with Gasteiger partial charge >= 0.3 is 0 Å². The molecule has 0 amide bonds. The topological polar surface area (TPSA) is 86.7 Å². The van der Waals surface area contributed by atoms with Gasteiger partial charge in [0.1, 0.15) is 17.0 Å². The number of aromatic amines is 1. The Morgan fingerprint density at radius 2 is 2.06 bits per heavy atom. The van der Waals surface area contributed by atoms with Crippen LogP contribution < -0.4 is 4.90 Å². The highest BCUT2D eigenvalue weighted by molar-refractivity contribution is 7.99. The summed E-state index contributed by atoms with van der Waals surface area (Å²) in [4.78, 5) is 31.6. The molecule has 0 saturated carbocycles. The zero-order valence-electron chi connectivity index (χ0n) is 17.6. The number of nitrogens with one attached hydrogen (secondary N) is 1. The van der Waals surface area contributed by atoms with Crippen molar-refractivity contribution in [2.24, 2.45) is 0 Å². The molecule has 1 atom stereocenters. The largest absolute Gasteiger partial charge is 0.354 e. The molecule has 4 aromatic rings. The SMILES string of the molecule is CCc1[nH]c2nc(Sc3cnc4nccnc4c3)nc(N3CC[C@@H](N(C)C)C3)c2c1Cl. The maximum atomic E-state index is 6.74. The molecule has 0 aliphatic carbocycles. The van der Waals surface area contributed by atoms with Crippen LogP contribution in [0.2, 0.25) is 5.02 Å². The minimum atomic E-state index is 0.493. The number of hydrogen-bond donors (Lipinski definition) is 1. The van der Waals surface area contributed by atoms with Crippen molar-refractivity contribution < 1.29 is 0 Å². The van der Waals surface area contributed by atoms with Gasteiger partial charge in [-0.25, -0.2) is 19.9 Å². The third-order valence-corrected chi connectivity index (χ3v) is 6.92. The van der Waals surface area contributed by atoms with Crippen molar-refractivity contribution in [3.63, 3.8) is 0 Å².